The quantitative estimate of drug-likeness (QED) is 0.547. The number of rotatable bonds is 4. The molecule has 0 aliphatic heterocycles. The molecule has 2 aromatic carbocycles. The number of aromatic nitrogens is 4. The van der Waals surface area contributed by atoms with Gasteiger partial charge in [0.1, 0.15) is 23.5 Å². The molecule has 0 fully saturated rings. The second-order valence-electron chi connectivity index (χ2n) is 5.38. The van der Waals surface area contributed by atoms with Crippen LogP contribution in [0.3, 0.4) is 0 Å². The first-order valence-electron chi connectivity index (χ1n) is 7.50. The molecule has 0 saturated carbocycles. The molecule has 4 aromatic rings. The Kier molecular flexibility index (Phi) is 3.89. The average molecular weight is 358 g/mol. The van der Waals surface area contributed by atoms with Crippen molar-refractivity contribution >= 4 is 16.3 Å². The highest BCUT2D eigenvalue weighted by Gasteiger charge is 2.18. The van der Waals surface area contributed by atoms with E-state index in [2.05, 4.69) is 15.3 Å². The lowest BCUT2D eigenvalue weighted by Gasteiger charge is -2.11. The standard InChI is InChI=1S/C17H12F2N4OS/c1-10(24-14-8-6-13(19)7-9-14)16-22-23-15(20-21-17(23)25-16)11-2-4-12(18)5-3-11/h2-10H,1H3. The summed E-state index contributed by atoms with van der Waals surface area (Å²) in [6, 6.07) is 11.8. The number of hydrogen-bond donors (Lipinski definition) is 0. The SMILES string of the molecule is CC(Oc1ccc(F)cc1)c1nn2c(-c3ccc(F)cc3)nnc2s1. The van der Waals surface area contributed by atoms with E-state index < -0.39 is 0 Å². The fraction of sp³-hybridized carbons (Fsp3) is 0.118. The largest absolute Gasteiger partial charge is 0.483 e. The summed E-state index contributed by atoms with van der Waals surface area (Å²) in [5, 5.41) is 13.4. The van der Waals surface area contributed by atoms with Crippen molar-refractivity contribution in [3.8, 4) is 17.1 Å². The zero-order valence-corrected chi connectivity index (χ0v) is 13.9. The van der Waals surface area contributed by atoms with E-state index >= 15 is 0 Å². The van der Waals surface area contributed by atoms with E-state index in [4.69, 9.17) is 4.74 Å². The first-order valence-corrected chi connectivity index (χ1v) is 8.32. The summed E-state index contributed by atoms with van der Waals surface area (Å²) in [6.45, 7) is 1.85. The predicted octanol–water partition coefficient (Wildman–Crippen LogP) is 4.27. The lowest BCUT2D eigenvalue weighted by atomic mass is 10.2. The van der Waals surface area contributed by atoms with Crippen molar-refractivity contribution in [3.63, 3.8) is 0 Å². The van der Waals surface area contributed by atoms with E-state index in [1.807, 2.05) is 6.92 Å². The Labute approximate surface area is 145 Å². The molecular weight excluding hydrogens is 346 g/mol. The summed E-state index contributed by atoms with van der Waals surface area (Å²) < 4.78 is 33.5. The van der Waals surface area contributed by atoms with Crippen LogP contribution in [0.5, 0.6) is 5.75 Å². The van der Waals surface area contributed by atoms with Crippen molar-refractivity contribution in [1.82, 2.24) is 19.8 Å². The monoisotopic (exact) mass is 358 g/mol. The zero-order valence-electron chi connectivity index (χ0n) is 13.1. The summed E-state index contributed by atoms with van der Waals surface area (Å²) in [7, 11) is 0. The molecule has 1 unspecified atom stereocenters. The number of fused-ring (bicyclic) bond motifs is 1. The van der Waals surface area contributed by atoms with Gasteiger partial charge in [-0.2, -0.15) is 9.61 Å². The highest BCUT2D eigenvalue weighted by Crippen LogP contribution is 2.28. The van der Waals surface area contributed by atoms with Crippen LogP contribution < -0.4 is 4.74 Å². The average Bonchev–Trinajstić information content (AvgIpc) is 3.18. The molecule has 0 aliphatic rings. The van der Waals surface area contributed by atoms with Crippen molar-refractivity contribution in [2.24, 2.45) is 0 Å². The Balaban J connectivity index is 1.63. The Morgan fingerprint density at radius 2 is 1.60 bits per heavy atom. The molecule has 2 aromatic heterocycles. The fourth-order valence-electron chi connectivity index (χ4n) is 2.34. The van der Waals surface area contributed by atoms with Gasteiger partial charge < -0.3 is 4.74 Å². The van der Waals surface area contributed by atoms with Gasteiger partial charge in [0.15, 0.2) is 10.8 Å². The molecule has 4 rings (SSSR count). The van der Waals surface area contributed by atoms with Crippen LogP contribution in [-0.2, 0) is 0 Å². The van der Waals surface area contributed by atoms with E-state index in [0.717, 1.165) is 5.56 Å². The number of halogens is 2. The molecule has 0 spiro atoms. The van der Waals surface area contributed by atoms with Crippen molar-refractivity contribution in [1.29, 1.82) is 0 Å². The molecular formula is C17H12F2N4OS. The third kappa shape index (κ3) is 3.08. The van der Waals surface area contributed by atoms with Crippen LogP contribution >= 0.6 is 11.3 Å². The third-order valence-electron chi connectivity index (χ3n) is 3.58. The number of hydrogen-bond acceptors (Lipinski definition) is 5. The number of nitrogens with zero attached hydrogens (tertiary/aromatic N) is 4. The van der Waals surface area contributed by atoms with Gasteiger partial charge in [0, 0.05) is 5.56 Å². The fourth-order valence-corrected chi connectivity index (χ4v) is 3.16. The van der Waals surface area contributed by atoms with Crippen molar-refractivity contribution < 1.29 is 13.5 Å². The normalized spacial score (nSPS) is 12.4. The molecule has 126 valence electrons. The summed E-state index contributed by atoms with van der Waals surface area (Å²) in [4.78, 5) is 0.615. The first-order chi connectivity index (χ1) is 12.1. The zero-order chi connectivity index (χ0) is 17.4. The Hall–Kier alpha value is -2.87. The molecule has 0 amide bonds. The van der Waals surface area contributed by atoms with Gasteiger partial charge in [-0.1, -0.05) is 11.3 Å². The summed E-state index contributed by atoms with van der Waals surface area (Å²) >= 11 is 1.35. The molecule has 0 saturated heterocycles. The maximum absolute atomic E-state index is 13.1. The minimum Gasteiger partial charge on any atom is -0.483 e. The van der Waals surface area contributed by atoms with Crippen LogP contribution in [0.2, 0.25) is 0 Å². The van der Waals surface area contributed by atoms with Crippen LogP contribution in [0.15, 0.2) is 48.5 Å². The van der Waals surface area contributed by atoms with E-state index in [1.165, 1.54) is 35.6 Å². The third-order valence-corrected chi connectivity index (χ3v) is 4.64. The maximum Gasteiger partial charge on any atom is 0.235 e. The van der Waals surface area contributed by atoms with Crippen LogP contribution in [0.4, 0.5) is 8.78 Å². The molecule has 0 radical (unpaired) electrons. The summed E-state index contributed by atoms with van der Waals surface area (Å²) in [5.41, 5.74) is 0.720. The van der Waals surface area contributed by atoms with Gasteiger partial charge in [-0.25, -0.2) is 8.78 Å². The Morgan fingerprint density at radius 3 is 2.28 bits per heavy atom. The van der Waals surface area contributed by atoms with E-state index in [9.17, 15) is 8.78 Å². The number of ether oxygens (including phenoxy) is 1. The van der Waals surface area contributed by atoms with Gasteiger partial charge in [-0.05, 0) is 55.5 Å². The summed E-state index contributed by atoms with van der Waals surface area (Å²) in [6.07, 6.45) is -0.335. The molecule has 0 N–H and O–H groups in total. The number of benzene rings is 2. The van der Waals surface area contributed by atoms with Crippen molar-refractivity contribution in [2.75, 3.05) is 0 Å². The summed E-state index contributed by atoms with van der Waals surface area (Å²) in [5.74, 6) is 0.456. The molecule has 0 bridgehead atoms. The van der Waals surface area contributed by atoms with E-state index in [-0.39, 0.29) is 17.7 Å². The van der Waals surface area contributed by atoms with Gasteiger partial charge in [0.2, 0.25) is 4.96 Å². The molecule has 2 heterocycles. The van der Waals surface area contributed by atoms with Gasteiger partial charge in [-0.15, -0.1) is 10.2 Å². The van der Waals surface area contributed by atoms with Crippen LogP contribution in [0.1, 0.15) is 18.0 Å². The van der Waals surface area contributed by atoms with Crippen LogP contribution in [0.25, 0.3) is 16.3 Å². The Bertz CT molecular complexity index is 1010. The molecule has 25 heavy (non-hydrogen) atoms. The predicted molar refractivity (Wildman–Crippen MR) is 89.5 cm³/mol. The van der Waals surface area contributed by atoms with Crippen LogP contribution in [-0.4, -0.2) is 19.8 Å². The second kappa shape index (κ2) is 6.21. The van der Waals surface area contributed by atoms with Crippen molar-refractivity contribution in [2.45, 2.75) is 13.0 Å². The van der Waals surface area contributed by atoms with Gasteiger partial charge in [0.25, 0.3) is 0 Å². The van der Waals surface area contributed by atoms with Gasteiger partial charge in [0.05, 0.1) is 0 Å². The highest BCUT2D eigenvalue weighted by molar-refractivity contribution is 7.16. The minimum atomic E-state index is -0.335. The van der Waals surface area contributed by atoms with E-state index in [1.54, 1.807) is 28.8 Å². The molecule has 0 aliphatic carbocycles. The lowest BCUT2D eigenvalue weighted by molar-refractivity contribution is 0.225. The smallest absolute Gasteiger partial charge is 0.235 e. The molecule has 5 nitrogen and oxygen atoms in total. The van der Waals surface area contributed by atoms with Crippen LogP contribution in [0, 0.1) is 11.6 Å². The lowest BCUT2D eigenvalue weighted by Crippen LogP contribution is -2.04. The van der Waals surface area contributed by atoms with Gasteiger partial charge in [-0.3, -0.25) is 0 Å². The van der Waals surface area contributed by atoms with Gasteiger partial charge >= 0.3 is 0 Å². The maximum atomic E-state index is 13.1. The van der Waals surface area contributed by atoms with Crippen molar-refractivity contribution in [3.05, 3.63) is 65.2 Å². The Morgan fingerprint density at radius 1 is 0.960 bits per heavy atom. The highest BCUT2D eigenvalue weighted by atomic mass is 32.1. The minimum absolute atomic E-state index is 0.315. The molecule has 1 atom stereocenters. The molecule has 8 heteroatoms. The first kappa shape index (κ1) is 15.6. The second-order valence-corrected chi connectivity index (χ2v) is 6.37. The topological polar surface area (TPSA) is 52.3 Å². The van der Waals surface area contributed by atoms with E-state index in [0.29, 0.717) is 21.5 Å².